The van der Waals surface area contributed by atoms with Crippen LogP contribution in [0.5, 0.6) is 5.75 Å². The zero-order valence-electron chi connectivity index (χ0n) is 14.4. The number of fused-ring (bicyclic) bond motifs is 1. The van der Waals surface area contributed by atoms with E-state index in [-0.39, 0.29) is 11.7 Å². The Morgan fingerprint density at radius 2 is 1.89 bits per heavy atom. The van der Waals surface area contributed by atoms with Crippen molar-refractivity contribution >= 4 is 41.2 Å². The average Bonchev–Trinajstić information content (AvgIpc) is 2.99. The molecule has 0 aliphatic carbocycles. The topological polar surface area (TPSA) is 75.7 Å². The number of imide groups is 2. The third kappa shape index (κ3) is 3.19. The highest BCUT2D eigenvalue weighted by molar-refractivity contribution is 6.39. The van der Waals surface area contributed by atoms with E-state index in [1.54, 1.807) is 30.3 Å². The largest absolute Gasteiger partial charge is 0.490 e. The molecule has 1 fully saturated rings. The Labute approximate surface area is 160 Å². The molecule has 1 N–H and O–H groups in total. The lowest BCUT2D eigenvalue weighted by molar-refractivity contribution is -0.122. The van der Waals surface area contributed by atoms with Crippen molar-refractivity contribution in [3.05, 3.63) is 64.2 Å². The summed E-state index contributed by atoms with van der Waals surface area (Å²) in [5, 5.41) is 2.68. The van der Waals surface area contributed by atoms with Gasteiger partial charge in [-0.3, -0.25) is 14.9 Å². The molecular formula is C20H15ClN2O4. The number of benzene rings is 2. The van der Waals surface area contributed by atoms with Crippen LogP contribution in [0.2, 0.25) is 5.02 Å². The van der Waals surface area contributed by atoms with Crippen molar-refractivity contribution < 1.29 is 19.1 Å². The normalized spacial score (nSPS) is 20.5. The number of carbonyl (C=O) groups excluding carboxylic acids is 3. The van der Waals surface area contributed by atoms with Crippen LogP contribution in [0.15, 0.2) is 48.0 Å². The Hall–Kier alpha value is -3.12. The molecule has 2 aliphatic heterocycles. The summed E-state index contributed by atoms with van der Waals surface area (Å²) in [6.07, 6.45) is 2.35. The maximum absolute atomic E-state index is 12.8. The van der Waals surface area contributed by atoms with Gasteiger partial charge in [-0.25, -0.2) is 9.69 Å². The number of hydrogen-bond donors (Lipinski definition) is 1. The van der Waals surface area contributed by atoms with E-state index >= 15 is 0 Å². The van der Waals surface area contributed by atoms with Crippen molar-refractivity contribution in [3.63, 3.8) is 0 Å². The average molecular weight is 383 g/mol. The van der Waals surface area contributed by atoms with E-state index < -0.39 is 17.8 Å². The molecule has 136 valence electrons. The van der Waals surface area contributed by atoms with Gasteiger partial charge in [0, 0.05) is 11.4 Å². The van der Waals surface area contributed by atoms with Crippen LogP contribution in [0.4, 0.5) is 10.5 Å². The molecule has 2 aromatic rings. The van der Waals surface area contributed by atoms with E-state index in [1.165, 1.54) is 6.08 Å². The Bertz CT molecular complexity index is 998. The maximum atomic E-state index is 12.8. The molecule has 0 unspecified atom stereocenters. The predicted molar refractivity (Wildman–Crippen MR) is 101 cm³/mol. The molecule has 1 saturated heterocycles. The highest BCUT2D eigenvalue weighted by atomic mass is 35.5. The van der Waals surface area contributed by atoms with Gasteiger partial charge in [-0.2, -0.15) is 0 Å². The highest BCUT2D eigenvalue weighted by Crippen LogP contribution is 2.30. The summed E-state index contributed by atoms with van der Waals surface area (Å²) in [7, 11) is 0. The third-order valence-electron chi connectivity index (χ3n) is 4.42. The molecule has 0 saturated carbocycles. The number of halogens is 1. The minimum absolute atomic E-state index is 0.0977. The maximum Gasteiger partial charge on any atom is 0.335 e. The number of hydrogen-bond acceptors (Lipinski definition) is 4. The zero-order chi connectivity index (χ0) is 19.1. The van der Waals surface area contributed by atoms with Crippen molar-refractivity contribution in [1.82, 2.24) is 5.32 Å². The van der Waals surface area contributed by atoms with Crippen LogP contribution in [-0.2, 0) is 16.0 Å². The molecule has 6 nitrogen and oxygen atoms in total. The van der Waals surface area contributed by atoms with Gasteiger partial charge in [0.25, 0.3) is 11.8 Å². The second kappa shape index (κ2) is 6.55. The summed E-state index contributed by atoms with van der Waals surface area (Å²) >= 11 is 5.86. The van der Waals surface area contributed by atoms with Crippen molar-refractivity contribution in [2.45, 2.75) is 19.4 Å². The van der Waals surface area contributed by atoms with Crippen LogP contribution in [0.25, 0.3) is 6.08 Å². The Morgan fingerprint density at radius 3 is 2.63 bits per heavy atom. The number of nitrogens with one attached hydrogen (secondary N) is 1. The molecule has 1 atom stereocenters. The summed E-state index contributed by atoms with van der Waals surface area (Å²) in [5.74, 6) is -0.599. The van der Waals surface area contributed by atoms with E-state index in [9.17, 15) is 14.4 Å². The molecule has 7 heteroatoms. The molecule has 2 heterocycles. The summed E-state index contributed by atoms with van der Waals surface area (Å²) < 4.78 is 5.66. The fourth-order valence-corrected chi connectivity index (χ4v) is 3.31. The number of carbonyl (C=O) groups is 3. The first-order chi connectivity index (χ1) is 12.9. The number of rotatable bonds is 2. The van der Waals surface area contributed by atoms with Gasteiger partial charge in [-0.05, 0) is 60.5 Å². The lowest BCUT2D eigenvalue weighted by atomic mass is 10.0. The lowest BCUT2D eigenvalue weighted by Gasteiger charge is -2.26. The van der Waals surface area contributed by atoms with Crippen molar-refractivity contribution in [2.24, 2.45) is 0 Å². The summed E-state index contributed by atoms with van der Waals surface area (Å²) in [6.45, 7) is 1.98. The zero-order valence-corrected chi connectivity index (χ0v) is 15.1. The number of amides is 4. The van der Waals surface area contributed by atoms with Crippen LogP contribution < -0.4 is 15.0 Å². The van der Waals surface area contributed by atoms with Crippen molar-refractivity contribution in [2.75, 3.05) is 4.90 Å². The number of barbiturate groups is 1. The van der Waals surface area contributed by atoms with Gasteiger partial charge >= 0.3 is 6.03 Å². The number of nitrogens with zero attached hydrogens (tertiary/aromatic N) is 1. The standard InChI is InChI=1S/C20H15ClN2O4/c1-11-8-13-9-12(2-7-17(13)27-11)10-16-18(24)22-20(26)23(19(16)25)15-5-3-14(21)4-6-15/h2-7,9-11H,8H2,1H3,(H,22,24,26)/b16-10-/t11-/m1/s1. The van der Waals surface area contributed by atoms with Crippen LogP contribution >= 0.6 is 11.6 Å². The molecule has 2 aromatic carbocycles. The smallest absolute Gasteiger partial charge is 0.335 e. The quantitative estimate of drug-likeness (QED) is 0.638. The van der Waals surface area contributed by atoms with E-state index in [2.05, 4.69) is 5.32 Å². The first kappa shape index (κ1) is 17.3. The molecule has 4 rings (SSSR count). The van der Waals surface area contributed by atoms with Gasteiger partial charge in [-0.15, -0.1) is 0 Å². The van der Waals surface area contributed by atoms with Gasteiger partial charge in [0.1, 0.15) is 17.4 Å². The van der Waals surface area contributed by atoms with Crippen LogP contribution in [0.1, 0.15) is 18.1 Å². The molecule has 0 bridgehead atoms. The van der Waals surface area contributed by atoms with E-state index in [4.69, 9.17) is 16.3 Å². The number of anilines is 1. The van der Waals surface area contributed by atoms with E-state index in [1.807, 2.05) is 19.1 Å². The minimum atomic E-state index is -0.791. The third-order valence-corrected chi connectivity index (χ3v) is 4.67. The Kier molecular flexibility index (Phi) is 4.20. The van der Waals surface area contributed by atoms with Crippen LogP contribution in [0, 0.1) is 0 Å². The van der Waals surface area contributed by atoms with Crippen molar-refractivity contribution in [1.29, 1.82) is 0 Å². The summed E-state index contributed by atoms with van der Waals surface area (Å²) in [4.78, 5) is 38.2. The molecule has 0 spiro atoms. The van der Waals surface area contributed by atoms with E-state index in [0.29, 0.717) is 16.3 Å². The first-order valence-corrected chi connectivity index (χ1v) is 8.77. The fourth-order valence-electron chi connectivity index (χ4n) is 3.18. The summed E-state index contributed by atoms with van der Waals surface area (Å²) in [6, 6.07) is 10.9. The molecule has 0 aromatic heterocycles. The van der Waals surface area contributed by atoms with Crippen LogP contribution in [0.3, 0.4) is 0 Å². The van der Waals surface area contributed by atoms with Gasteiger partial charge in [-0.1, -0.05) is 17.7 Å². The van der Waals surface area contributed by atoms with Gasteiger partial charge in [0.2, 0.25) is 0 Å². The number of urea groups is 1. The Balaban J connectivity index is 1.69. The SMILES string of the molecule is C[C@@H]1Cc2cc(/C=C3/C(=O)NC(=O)N(c4ccc(Cl)cc4)C3=O)ccc2O1. The molecular weight excluding hydrogens is 368 g/mol. The second-order valence-corrected chi connectivity index (χ2v) is 6.87. The molecule has 0 radical (unpaired) electrons. The van der Waals surface area contributed by atoms with Gasteiger partial charge in [0.05, 0.1) is 5.69 Å². The molecule has 2 aliphatic rings. The minimum Gasteiger partial charge on any atom is -0.490 e. The predicted octanol–water partition coefficient (Wildman–Crippen LogP) is 3.33. The van der Waals surface area contributed by atoms with Gasteiger partial charge < -0.3 is 4.74 Å². The summed E-state index contributed by atoms with van der Waals surface area (Å²) in [5.41, 5.74) is 1.93. The van der Waals surface area contributed by atoms with E-state index in [0.717, 1.165) is 22.6 Å². The number of ether oxygens (including phenoxy) is 1. The highest BCUT2D eigenvalue weighted by Gasteiger charge is 2.36. The monoisotopic (exact) mass is 382 g/mol. The lowest BCUT2D eigenvalue weighted by Crippen LogP contribution is -2.54. The van der Waals surface area contributed by atoms with Gasteiger partial charge in [0.15, 0.2) is 0 Å². The van der Waals surface area contributed by atoms with Crippen LogP contribution in [-0.4, -0.2) is 23.9 Å². The molecule has 27 heavy (non-hydrogen) atoms. The first-order valence-electron chi connectivity index (χ1n) is 8.39. The van der Waals surface area contributed by atoms with Crippen molar-refractivity contribution in [3.8, 4) is 5.75 Å². The fraction of sp³-hybridized carbons (Fsp3) is 0.150. The Morgan fingerprint density at radius 1 is 1.15 bits per heavy atom. The molecule has 4 amide bonds. The second-order valence-electron chi connectivity index (χ2n) is 6.43.